The number of rotatable bonds is 6. The number of sulfonamides is 1. The molecule has 1 aliphatic heterocycles. The molecule has 3 aromatic carbocycles. The van der Waals surface area contributed by atoms with E-state index in [4.69, 9.17) is 0 Å². The Morgan fingerprint density at radius 1 is 1.00 bits per heavy atom. The third-order valence-corrected chi connectivity index (χ3v) is 7.35. The zero-order valence-electron chi connectivity index (χ0n) is 18.8. The molecule has 1 aliphatic rings. The first-order chi connectivity index (χ1) is 16.3. The van der Waals surface area contributed by atoms with Gasteiger partial charge in [0.15, 0.2) is 11.5 Å². The molecule has 0 aromatic heterocycles. The zero-order chi connectivity index (χ0) is 24.3. The molecule has 0 aliphatic carbocycles. The molecule has 0 saturated heterocycles. The monoisotopic (exact) mass is 475 g/mol. The molecule has 1 amide bonds. The van der Waals surface area contributed by atoms with Crippen molar-refractivity contribution in [1.29, 1.82) is 0 Å². The van der Waals surface area contributed by atoms with E-state index in [0.29, 0.717) is 11.5 Å². The van der Waals surface area contributed by atoms with Crippen LogP contribution in [0.4, 0.5) is 0 Å². The average molecular weight is 476 g/mol. The van der Waals surface area contributed by atoms with E-state index in [1.165, 1.54) is 23.9 Å². The molecular formula is C26H25N3O4S. The van der Waals surface area contributed by atoms with Gasteiger partial charge in [-0.15, -0.1) is 0 Å². The summed E-state index contributed by atoms with van der Waals surface area (Å²) in [4.78, 5) is 13.0. The van der Waals surface area contributed by atoms with Gasteiger partial charge in [0.05, 0.1) is 17.7 Å². The van der Waals surface area contributed by atoms with Crippen LogP contribution in [0.2, 0.25) is 0 Å². The van der Waals surface area contributed by atoms with E-state index in [0.717, 1.165) is 9.87 Å². The molecular weight excluding hydrogens is 450 g/mol. The number of nitrogens with zero attached hydrogens (tertiary/aromatic N) is 2. The second-order valence-corrected chi connectivity index (χ2v) is 10.0. The topological polar surface area (TPSA) is 99.1 Å². The van der Waals surface area contributed by atoms with E-state index < -0.39 is 21.7 Å². The number of hydrazone groups is 1. The highest BCUT2D eigenvalue weighted by atomic mass is 32.2. The molecule has 0 unspecified atom stereocenters. The predicted octanol–water partition coefficient (Wildman–Crippen LogP) is 4.39. The molecule has 4 rings (SSSR count). The van der Waals surface area contributed by atoms with Crippen molar-refractivity contribution in [3.05, 3.63) is 107 Å². The lowest BCUT2D eigenvalue weighted by molar-refractivity contribution is -0.118. The Morgan fingerprint density at radius 3 is 2.32 bits per heavy atom. The van der Waals surface area contributed by atoms with Gasteiger partial charge in [-0.3, -0.25) is 9.10 Å². The van der Waals surface area contributed by atoms with Gasteiger partial charge in [0.1, 0.15) is 0 Å². The molecule has 174 valence electrons. The van der Waals surface area contributed by atoms with E-state index in [2.05, 4.69) is 24.4 Å². The van der Waals surface area contributed by atoms with Crippen molar-refractivity contribution in [3.8, 4) is 0 Å². The molecule has 34 heavy (non-hydrogen) atoms. The largest absolute Gasteiger partial charge is 0.505 e. The number of hydrogen-bond donors (Lipinski definition) is 2. The number of hydrogen-bond acceptors (Lipinski definition) is 5. The molecule has 0 atom stereocenters. The highest BCUT2D eigenvalue weighted by Crippen LogP contribution is 2.36. The predicted molar refractivity (Wildman–Crippen MR) is 131 cm³/mol. The number of aliphatic hydroxyl groups is 1. The minimum Gasteiger partial charge on any atom is -0.505 e. The van der Waals surface area contributed by atoms with Crippen LogP contribution in [0.3, 0.4) is 0 Å². The SMILES string of the molecule is CC(C)c1ccc(/C=N/NC(=O)C2=C(O)c3ccccc3S(=O)(=O)N2Cc2ccccc2)cc1. The number of benzene rings is 3. The van der Waals surface area contributed by atoms with E-state index in [1.54, 1.807) is 36.4 Å². The summed E-state index contributed by atoms with van der Waals surface area (Å²) in [5.41, 5.74) is 4.67. The Hall–Kier alpha value is -3.91. The lowest BCUT2D eigenvalue weighted by atomic mass is 10.0. The van der Waals surface area contributed by atoms with Crippen molar-refractivity contribution in [2.75, 3.05) is 0 Å². The van der Waals surface area contributed by atoms with Crippen LogP contribution < -0.4 is 5.43 Å². The fourth-order valence-corrected chi connectivity index (χ4v) is 5.35. The first kappa shape index (κ1) is 23.3. The van der Waals surface area contributed by atoms with E-state index in [-0.39, 0.29) is 22.7 Å². The number of carbonyl (C=O) groups excluding carboxylic acids is 1. The molecule has 3 aromatic rings. The first-order valence-corrected chi connectivity index (χ1v) is 12.3. The Balaban J connectivity index is 1.66. The Bertz CT molecular complexity index is 1360. The van der Waals surface area contributed by atoms with Crippen LogP contribution >= 0.6 is 0 Å². The molecule has 1 heterocycles. The van der Waals surface area contributed by atoms with Gasteiger partial charge in [-0.05, 0) is 34.7 Å². The van der Waals surface area contributed by atoms with Crippen molar-refractivity contribution in [2.45, 2.75) is 31.2 Å². The van der Waals surface area contributed by atoms with Crippen LogP contribution in [0, 0.1) is 0 Å². The van der Waals surface area contributed by atoms with Gasteiger partial charge in [-0.2, -0.15) is 5.10 Å². The van der Waals surface area contributed by atoms with E-state index in [9.17, 15) is 18.3 Å². The summed E-state index contributed by atoms with van der Waals surface area (Å²) in [6.45, 7) is 4.08. The van der Waals surface area contributed by atoms with Crippen LogP contribution in [0.25, 0.3) is 5.76 Å². The Labute approximate surface area is 199 Å². The second-order valence-electron chi connectivity index (χ2n) is 8.21. The number of amides is 1. The van der Waals surface area contributed by atoms with Crippen molar-refractivity contribution in [2.24, 2.45) is 5.10 Å². The van der Waals surface area contributed by atoms with Crippen LogP contribution in [0.5, 0.6) is 0 Å². The molecule has 7 nitrogen and oxygen atoms in total. The highest BCUT2D eigenvalue weighted by molar-refractivity contribution is 7.89. The fourth-order valence-electron chi connectivity index (χ4n) is 3.69. The number of fused-ring (bicyclic) bond motifs is 1. The van der Waals surface area contributed by atoms with E-state index in [1.807, 2.05) is 30.3 Å². The fraction of sp³-hybridized carbons (Fsp3) is 0.154. The summed E-state index contributed by atoms with van der Waals surface area (Å²) < 4.78 is 27.7. The number of aliphatic hydroxyl groups excluding tert-OH is 1. The quantitative estimate of drug-likeness (QED) is 0.408. The molecule has 8 heteroatoms. The van der Waals surface area contributed by atoms with Gasteiger partial charge >= 0.3 is 0 Å². The van der Waals surface area contributed by atoms with E-state index >= 15 is 0 Å². The zero-order valence-corrected chi connectivity index (χ0v) is 19.7. The maximum Gasteiger partial charge on any atom is 0.292 e. The van der Waals surface area contributed by atoms with Crippen LogP contribution in [0.1, 0.15) is 42.0 Å². The smallest absolute Gasteiger partial charge is 0.292 e. The van der Waals surface area contributed by atoms with Crippen molar-refractivity contribution in [3.63, 3.8) is 0 Å². The van der Waals surface area contributed by atoms with Crippen molar-refractivity contribution < 1.29 is 18.3 Å². The van der Waals surface area contributed by atoms with Crippen molar-refractivity contribution in [1.82, 2.24) is 9.73 Å². The lowest BCUT2D eigenvalue weighted by Crippen LogP contribution is -2.40. The summed E-state index contributed by atoms with van der Waals surface area (Å²) in [6.07, 6.45) is 1.46. The summed E-state index contributed by atoms with van der Waals surface area (Å²) in [7, 11) is -4.10. The maximum atomic E-state index is 13.4. The second kappa shape index (κ2) is 9.52. The molecule has 0 saturated carbocycles. The van der Waals surface area contributed by atoms with Crippen LogP contribution in [-0.4, -0.2) is 30.0 Å². The molecule has 2 N–H and O–H groups in total. The Morgan fingerprint density at radius 2 is 1.65 bits per heavy atom. The van der Waals surface area contributed by atoms with Crippen molar-refractivity contribution >= 4 is 27.9 Å². The number of carbonyl (C=O) groups is 1. The summed E-state index contributed by atoms with van der Waals surface area (Å²) in [5, 5.41) is 14.9. The third-order valence-electron chi connectivity index (χ3n) is 5.55. The summed E-state index contributed by atoms with van der Waals surface area (Å²) >= 11 is 0. The molecule has 0 radical (unpaired) electrons. The first-order valence-electron chi connectivity index (χ1n) is 10.8. The number of nitrogens with one attached hydrogen (secondary N) is 1. The van der Waals surface area contributed by atoms with Crippen LogP contribution in [0.15, 0.2) is 94.6 Å². The normalized spacial score (nSPS) is 15.0. The summed E-state index contributed by atoms with van der Waals surface area (Å²) in [6, 6.07) is 22.6. The highest BCUT2D eigenvalue weighted by Gasteiger charge is 2.40. The van der Waals surface area contributed by atoms with Gasteiger partial charge in [-0.1, -0.05) is 80.6 Å². The molecule has 0 fully saturated rings. The maximum absolute atomic E-state index is 13.4. The van der Waals surface area contributed by atoms with Gasteiger partial charge in [0.2, 0.25) is 0 Å². The lowest BCUT2D eigenvalue weighted by Gasteiger charge is -2.31. The molecule has 0 bridgehead atoms. The summed E-state index contributed by atoms with van der Waals surface area (Å²) in [5.74, 6) is -0.857. The minimum atomic E-state index is -4.10. The standard InChI is InChI=1S/C26H25N3O4S/c1-18(2)21-14-12-19(13-15-21)16-27-28-26(31)24-25(30)22-10-6-7-11-23(22)34(32,33)29(24)17-20-8-4-3-5-9-20/h3-16,18,30H,17H2,1-2H3,(H,28,31)/b27-16+. The molecule has 0 spiro atoms. The van der Waals surface area contributed by atoms with Gasteiger partial charge in [-0.25, -0.2) is 13.8 Å². The Kier molecular flexibility index (Phi) is 6.51. The van der Waals surface area contributed by atoms with Gasteiger partial charge in [0.25, 0.3) is 15.9 Å². The third kappa shape index (κ3) is 4.58. The van der Waals surface area contributed by atoms with Gasteiger partial charge in [0, 0.05) is 5.56 Å². The minimum absolute atomic E-state index is 0.0614. The van der Waals surface area contributed by atoms with Gasteiger partial charge < -0.3 is 5.11 Å². The average Bonchev–Trinajstić information content (AvgIpc) is 2.84. The van der Waals surface area contributed by atoms with Crippen LogP contribution in [-0.2, 0) is 21.4 Å².